The fourth-order valence-corrected chi connectivity index (χ4v) is 4.45. The first kappa shape index (κ1) is 23.1. The third-order valence-electron chi connectivity index (χ3n) is 6.13. The van der Waals surface area contributed by atoms with Gasteiger partial charge < -0.3 is 15.5 Å². The van der Waals surface area contributed by atoms with Crippen molar-refractivity contribution in [3.05, 3.63) is 58.8 Å². The van der Waals surface area contributed by atoms with Crippen molar-refractivity contribution in [2.24, 2.45) is 0 Å². The maximum atomic E-state index is 14.3. The molecule has 0 spiro atoms. The Morgan fingerprint density at radius 2 is 1.88 bits per heavy atom. The van der Waals surface area contributed by atoms with Crippen LogP contribution in [-0.4, -0.2) is 32.0 Å². The number of nitrogens with one attached hydrogen (secondary N) is 1. The summed E-state index contributed by atoms with van der Waals surface area (Å²) in [7, 11) is 0. The zero-order valence-corrected chi connectivity index (χ0v) is 17.4. The van der Waals surface area contributed by atoms with Crippen LogP contribution in [0, 0.1) is 24.4 Å². The summed E-state index contributed by atoms with van der Waals surface area (Å²) in [5.74, 6) is -5.87. The van der Waals surface area contributed by atoms with Gasteiger partial charge in [0.25, 0.3) is 0 Å². The molecule has 1 aromatic heterocycles. The number of aromatic hydroxyl groups is 1. The van der Waals surface area contributed by atoms with E-state index in [0.717, 1.165) is 12.1 Å². The van der Waals surface area contributed by atoms with Crippen molar-refractivity contribution in [2.45, 2.75) is 50.4 Å². The molecule has 11 heteroatoms. The molecule has 33 heavy (non-hydrogen) atoms. The van der Waals surface area contributed by atoms with Gasteiger partial charge in [0.15, 0.2) is 17.2 Å². The van der Waals surface area contributed by atoms with E-state index < -0.39 is 58.9 Å². The number of anilines is 1. The topological polar surface area (TPSA) is 78.3 Å². The molecule has 0 bridgehead atoms. The van der Waals surface area contributed by atoms with Gasteiger partial charge in [0, 0.05) is 22.8 Å². The number of hydrogen-bond donors (Lipinski definition) is 3. The van der Waals surface area contributed by atoms with E-state index in [0.29, 0.717) is 6.07 Å². The van der Waals surface area contributed by atoms with E-state index in [-0.39, 0.29) is 34.4 Å². The van der Waals surface area contributed by atoms with Crippen LogP contribution >= 0.6 is 0 Å². The molecule has 0 amide bonds. The van der Waals surface area contributed by atoms with E-state index in [1.165, 1.54) is 20.0 Å². The Balaban J connectivity index is 1.97. The van der Waals surface area contributed by atoms with Gasteiger partial charge in [0.05, 0.1) is 6.04 Å². The number of nitrogens with zero attached hydrogens (tertiary/aromatic N) is 2. The molecule has 2 aromatic carbocycles. The molecule has 3 N–H and O–H groups in total. The molecule has 0 radical (unpaired) electrons. The number of alkyl halides is 3. The summed E-state index contributed by atoms with van der Waals surface area (Å²) in [5.41, 5.74) is -4.32. The lowest BCUT2D eigenvalue weighted by Gasteiger charge is -2.45. The monoisotopic (exact) mass is 471 g/mol. The minimum Gasteiger partial charge on any atom is -0.505 e. The number of phenolic OH excluding ortho intramolecular Hbond substituents is 1. The number of aromatic nitrogens is 2. The van der Waals surface area contributed by atoms with Gasteiger partial charge in [-0.2, -0.15) is 17.6 Å². The van der Waals surface area contributed by atoms with E-state index in [4.69, 9.17) is 0 Å². The average Bonchev–Trinajstić information content (AvgIpc) is 2.74. The lowest BCUT2D eigenvalue weighted by Crippen LogP contribution is -2.55. The largest absolute Gasteiger partial charge is 0.505 e. The average molecular weight is 471 g/mol. The highest BCUT2D eigenvalue weighted by molar-refractivity contribution is 5.91. The van der Waals surface area contributed by atoms with Gasteiger partial charge in [-0.1, -0.05) is 6.92 Å². The number of aliphatic hydroxyl groups is 1. The Labute approximate surface area is 184 Å². The summed E-state index contributed by atoms with van der Waals surface area (Å²) < 4.78 is 85.2. The van der Waals surface area contributed by atoms with Crippen LogP contribution in [0.15, 0.2) is 24.4 Å². The normalized spacial score (nSPS) is 22.9. The molecule has 176 valence electrons. The van der Waals surface area contributed by atoms with Crippen LogP contribution in [-0.2, 0) is 0 Å². The second-order valence-electron chi connectivity index (χ2n) is 8.11. The molecular formula is C22H19F6N3O2. The van der Waals surface area contributed by atoms with Gasteiger partial charge in [-0.3, -0.25) is 0 Å². The number of hydrogen-bond acceptors (Lipinski definition) is 5. The first-order chi connectivity index (χ1) is 15.4. The third kappa shape index (κ3) is 3.54. The highest BCUT2D eigenvalue weighted by Crippen LogP contribution is 2.55. The Kier molecular flexibility index (Phi) is 5.43. The molecule has 1 aliphatic carbocycles. The third-order valence-corrected chi connectivity index (χ3v) is 6.13. The molecule has 0 aliphatic heterocycles. The van der Waals surface area contributed by atoms with Crippen molar-refractivity contribution in [3.63, 3.8) is 0 Å². The van der Waals surface area contributed by atoms with Crippen LogP contribution in [0.25, 0.3) is 10.9 Å². The molecule has 0 unspecified atom stereocenters. The van der Waals surface area contributed by atoms with Crippen LogP contribution in [0.5, 0.6) is 5.75 Å². The van der Waals surface area contributed by atoms with Crippen LogP contribution in [0.2, 0.25) is 0 Å². The maximum Gasteiger partial charge on any atom is 0.419 e. The molecule has 5 nitrogen and oxygen atoms in total. The molecule has 3 aromatic rings. The van der Waals surface area contributed by atoms with Crippen molar-refractivity contribution in [3.8, 4) is 5.75 Å². The molecule has 0 saturated carbocycles. The van der Waals surface area contributed by atoms with Gasteiger partial charge in [-0.05, 0) is 49.4 Å². The maximum absolute atomic E-state index is 14.3. The molecule has 1 aliphatic rings. The molecular weight excluding hydrogens is 452 g/mol. The number of aryl methyl sites for hydroxylation is 1. The smallest absolute Gasteiger partial charge is 0.419 e. The summed E-state index contributed by atoms with van der Waals surface area (Å²) in [6.07, 6.45) is -4.87. The summed E-state index contributed by atoms with van der Waals surface area (Å²) in [6.45, 7) is 3.01. The van der Waals surface area contributed by atoms with Gasteiger partial charge in [0.2, 0.25) is 5.82 Å². The second-order valence-corrected chi connectivity index (χ2v) is 8.11. The fraction of sp³-hybridized carbons (Fsp3) is 0.364. The second kappa shape index (κ2) is 7.75. The summed E-state index contributed by atoms with van der Waals surface area (Å²) in [5, 5.41) is 23.7. The summed E-state index contributed by atoms with van der Waals surface area (Å²) in [4.78, 5) is 7.91. The van der Waals surface area contributed by atoms with Gasteiger partial charge >= 0.3 is 6.18 Å². The molecule has 3 atom stereocenters. The standard InChI is InChI=1S/C22H19F6N3O2/c1-3-10-7-21(33,22(26,27)28)20(11-6-14(24)17(25)19(32)16(10)11)31-15-5-4-13(23)18-12(15)8-29-9(2)30-18/h4-6,8,10,20,31-33H,3,7H2,1-2H3/t10-,20+,21-/m1/s1. The van der Waals surface area contributed by atoms with Gasteiger partial charge in [0.1, 0.15) is 17.2 Å². The first-order valence-electron chi connectivity index (χ1n) is 10.1. The van der Waals surface area contributed by atoms with Crippen molar-refractivity contribution >= 4 is 16.6 Å². The van der Waals surface area contributed by atoms with Crippen molar-refractivity contribution < 1.29 is 36.6 Å². The number of halogens is 6. The Bertz CT molecular complexity index is 1250. The zero-order valence-electron chi connectivity index (χ0n) is 17.4. The predicted molar refractivity (Wildman–Crippen MR) is 107 cm³/mol. The predicted octanol–water partition coefficient (Wildman–Crippen LogP) is 5.41. The highest BCUT2D eigenvalue weighted by Gasteiger charge is 2.62. The highest BCUT2D eigenvalue weighted by atomic mass is 19.4. The minimum atomic E-state index is -5.18. The van der Waals surface area contributed by atoms with E-state index in [1.54, 1.807) is 0 Å². The molecule has 0 saturated heterocycles. The van der Waals surface area contributed by atoms with Crippen LogP contribution in [0.1, 0.15) is 48.7 Å². The van der Waals surface area contributed by atoms with Gasteiger partial charge in [-0.15, -0.1) is 0 Å². The molecule has 1 heterocycles. The van der Waals surface area contributed by atoms with E-state index >= 15 is 0 Å². The van der Waals surface area contributed by atoms with Crippen LogP contribution in [0.3, 0.4) is 0 Å². The lowest BCUT2D eigenvalue weighted by atomic mass is 9.69. The minimum absolute atomic E-state index is 0.0172. The Hall–Kier alpha value is -3.08. The van der Waals surface area contributed by atoms with Gasteiger partial charge in [-0.25, -0.2) is 18.7 Å². The number of benzene rings is 2. The fourth-order valence-electron chi connectivity index (χ4n) is 4.45. The number of phenols is 1. The molecule has 4 rings (SSSR count). The van der Waals surface area contributed by atoms with E-state index in [2.05, 4.69) is 15.3 Å². The number of rotatable bonds is 3. The lowest BCUT2D eigenvalue weighted by molar-refractivity contribution is -0.272. The van der Waals surface area contributed by atoms with Crippen molar-refractivity contribution in [1.82, 2.24) is 9.97 Å². The first-order valence-corrected chi connectivity index (χ1v) is 10.1. The number of fused-ring (bicyclic) bond motifs is 2. The quantitative estimate of drug-likeness (QED) is 0.446. The van der Waals surface area contributed by atoms with Crippen molar-refractivity contribution in [1.29, 1.82) is 0 Å². The van der Waals surface area contributed by atoms with E-state index in [9.17, 15) is 36.6 Å². The molecule has 0 fully saturated rings. The Morgan fingerprint density at radius 3 is 2.52 bits per heavy atom. The van der Waals surface area contributed by atoms with Crippen LogP contribution < -0.4 is 5.32 Å². The van der Waals surface area contributed by atoms with Crippen LogP contribution in [0.4, 0.5) is 32.0 Å². The van der Waals surface area contributed by atoms with E-state index in [1.807, 2.05) is 0 Å². The van der Waals surface area contributed by atoms with Crippen molar-refractivity contribution in [2.75, 3.05) is 5.32 Å². The Morgan fingerprint density at radius 1 is 1.18 bits per heavy atom. The SMILES string of the molecule is CC[C@@H]1C[C@](O)(C(F)(F)F)[C@@H](Nc2ccc(F)c3nc(C)ncc23)c2cc(F)c(F)c(O)c21. The summed E-state index contributed by atoms with van der Waals surface area (Å²) >= 11 is 0. The zero-order chi connectivity index (χ0) is 24.3. The summed E-state index contributed by atoms with van der Waals surface area (Å²) in [6, 6.07) is 0.600.